The lowest BCUT2D eigenvalue weighted by molar-refractivity contribution is -0.113. The molecule has 1 aliphatic heterocycles. The number of sulfonamides is 1. The summed E-state index contributed by atoms with van der Waals surface area (Å²) >= 11 is 1.26. The van der Waals surface area contributed by atoms with Gasteiger partial charge in [0.15, 0.2) is 11.0 Å². The molecule has 0 bridgehead atoms. The van der Waals surface area contributed by atoms with Gasteiger partial charge in [-0.3, -0.25) is 14.2 Å². The molecule has 2 N–H and O–H groups in total. The largest absolute Gasteiger partial charge is 0.345 e. The molecule has 0 unspecified atom stereocenters. The number of anilines is 1. The Morgan fingerprint density at radius 2 is 1.51 bits per heavy atom. The second-order valence-electron chi connectivity index (χ2n) is 11.4. The Balaban J connectivity index is 1.31. The van der Waals surface area contributed by atoms with Gasteiger partial charge in [0.25, 0.3) is 5.91 Å². The lowest BCUT2D eigenvalue weighted by atomic mass is 10.1. The van der Waals surface area contributed by atoms with Crippen LogP contribution >= 0.6 is 11.8 Å². The average molecular weight is 647 g/mol. The van der Waals surface area contributed by atoms with Gasteiger partial charge in [0.1, 0.15) is 0 Å². The number of hydrogen-bond donors (Lipinski definition) is 2. The molecule has 1 aromatic heterocycles. The molecule has 0 radical (unpaired) electrons. The molecule has 1 aliphatic rings. The van der Waals surface area contributed by atoms with Crippen LogP contribution in [-0.4, -0.2) is 58.1 Å². The SMILES string of the molecule is Cc1ccc(C)c(NC(=O)CSc2nnc(CNC(=O)c3ccc(S(=O)(=O)N4CCCCC4)cc3)n2-c2cc(C)ccc2C)c1. The number of aryl methyl sites for hydroxylation is 4. The summed E-state index contributed by atoms with van der Waals surface area (Å²) in [6, 6.07) is 18.0. The van der Waals surface area contributed by atoms with Gasteiger partial charge in [-0.05, 0) is 99.2 Å². The van der Waals surface area contributed by atoms with Crippen molar-refractivity contribution in [2.45, 2.75) is 63.6 Å². The van der Waals surface area contributed by atoms with Gasteiger partial charge in [-0.25, -0.2) is 8.42 Å². The number of rotatable bonds is 10. The van der Waals surface area contributed by atoms with Gasteiger partial charge >= 0.3 is 0 Å². The van der Waals surface area contributed by atoms with E-state index in [0.717, 1.165) is 52.9 Å². The fourth-order valence-electron chi connectivity index (χ4n) is 5.19. The van der Waals surface area contributed by atoms with Crippen molar-refractivity contribution >= 4 is 39.3 Å². The number of nitrogens with zero attached hydrogens (tertiary/aromatic N) is 4. The van der Waals surface area contributed by atoms with Gasteiger partial charge in [-0.15, -0.1) is 10.2 Å². The van der Waals surface area contributed by atoms with E-state index in [9.17, 15) is 18.0 Å². The van der Waals surface area contributed by atoms with Crippen LogP contribution in [0.3, 0.4) is 0 Å². The molecule has 2 heterocycles. The predicted molar refractivity (Wildman–Crippen MR) is 176 cm³/mol. The van der Waals surface area contributed by atoms with Crippen molar-refractivity contribution in [3.8, 4) is 5.69 Å². The fraction of sp³-hybridized carbons (Fsp3) is 0.333. The number of benzene rings is 3. The predicted octanol–water partition coefficient (Wildman–Crippen LogP) is 5.34. The highest BCUT2D eigenvalue weighted by Crippen LogP contribution is 2.26. The quantitative estimate of drug-likeness (QED) is 0.223. The van der Waals surface area contributed by atoms with Crippen molar-refractivity contribution in [1.82, 2.24) is 24.4 Å². The molecule has 2 amide bonds. The van der Waals surface area contributed by atoms with Crippen LogP contribution in [0.25, 0.3) is 5.69 Å². The number of piperidine rings is 1. The maximum absolute atomic E-state index is 13.1. The van der Waals surface area contributed by atoms with Crippen LogP contribution in [0.2, 0.25) is 0 Å². The molecule has 0 atom stereocenters. The molecule has 1 fully saturated rings. The topological polar surface area (TPSA) is 126 Å². The summed E-state index contributed by atoms with van der Waals surface area (Å²) in [5, 5.41) is 15.2. The third-order valence-corrected chi connectivity index (χ3v) is 10.6. The minimum absolute atomic E-state index is 0.0717. The Hall–Kier alpha value is -4.00. The van der Waals surface area contributed by atoms with Gasteiger partial charge in [-0.1, -0.05) is 42.4 Å². The fourth-order valence-corrected chi connectivity index (χ4v) is 7.47. The Morgan fingerprint density at radius 1 is 0.844 bits per heavy atom. The van der Waals surface area contributed by atoms with E-state index in [1.807, 2.05) is 68.7 Å². The van der Waals surface area contributed by atoms with Crippen molar-refractivity contribution < 1.29 is 18.0 Å². The van der Waals surface area contributed by atoms with Crippen LogP contribution in [0.1, 0.15) is 57.7 Å². The molecule has 12 heteroatoms. The summed E-state index contributed by atoms with van der Waals surface area (Å²) in [6.45, 7) is 9.01. The van der Waals surface area contributed by atoms with Gasteiger partial charge in [-0.2, -0.15) is 4.31 Å². The van der Waals surface area contributed by atoms with Crippen molar-refractivity contribution in [2.24, 2.45) is 0 Å². The lowest BCUT2D eigenvalue weighted by Crippen LogP contribution is -2.35. The zero-order valence-electron chi connectivity index (χ0n) is 26.0. The van der Waals surface area contributed by atoms with Gasteiger partial charge in [0.05, 0.1) is 22.9 Å². The minimum atomic E-state index is -3.59. The molecule has 236 valence electrons. The summed E-state index contributed by atoms with van der Waals surface area (Å²) < 4.78 is 29.4. The van der Waals surface area contributed by atoms with Gasteiger partial charge < -0.3 is 10.6 Å². The molecular weight excluding hydrogens is 609 g/mol. The Bertz CT molecular complexity index is 1810. The number of carbonyl (C=O) groups excluding carboxylic acids is 2. The molecule has 0 saturated carbocycles. The second kappa shape index (κ2) is 14.0. The summed E-state index contributed by atoms with van der Waals surface area (Å²) in [5.41, 5.74) is 6.04. The first-order valence-corrected chi connectivity index (χ1v) is 17.4. The van der Waals surface area contributed by atoms with E-state index >= 15 is 0 Å². The van der Waals surface area contributed by atoms with Crippen LogP contribution in [0.4, 0.5) is 5.69 Å². The van der Waals surface area contributed by atoms with Crippen LogP contribution in [0.5, 0.6) is 0 Å². The van der Waals surface area contributed by atoms with Gasteiger partial charge in [0.2, 0.25) is 15.9 Å². The Kier molecular flexibility index (Phi) is 10.1. The Morgan fingerprint density at radius 3 is 2.22 bits per heavy atom. The Labute approximate surface area is 268 Å². The zero-order valence-corrected chi connectivity index (χ0v) is 27.6. The van der Waals surface area contributed by atoms with Crippen LogP contribution in [-0.2, 0) is 21.4 Å². The number of carbonyl (C=O) groups is 2. The van der Waals surface area contributed by atoms with E-state index in [0.29, 0.717) is 29.6 Å². The molecule has 3 aromatic carbocycles. The van der Waals surface area contributed by atoms with Crippen molar-refractivity contribution in [3.05, 3.63) is 94.3 Å². The van der Waals surface area contributed by atoms with Gasteiger partial charge in [0, 0.05) is 24.3 Å². The average Bonchev–Trinajstić information content (AvgIpc) is 3.44. The number of thioether (sulfide) groups is 1. The summed E-state index contributed by atoms with van der Waals surface area (Å²) in [7, 11) is -3.59. The molecule has 1 saturated heterocycles. The summed E-state index contributed by atoms with van der Waals surface area (Å²) in [6.07, 6.45) is 2.74. The third-order valence-electron chi connectivity index (χ3n) is 7.78. The van der Waals surface area contributed by atoms with Crippen LogP contribution in [0.15, 0.2) is 70.7 Å². The zero-order chi connectivity index (χ0) is 32.1. The summed E-state index contributed by atoms with van der Waals surface area (Å²) in [5.74, 6) is 0.0910. The first-order chi connectivity index (χ1) is 21.5. The van der Waals surface area contributed by atoms with Crippen molar-refractivity contribution in [2.75, 3.05) is 24.2 Å². The maximum atomic E-state index is 13.1. The molecule has 0 aliphatic carbocycles. The molecule has 0 spiro atoms. The molecule has 4 aromatic rings. The second-order valence-corrected chi connectivity index (χ2v) is 14.2. The van der Waals surface area contributed by atoms with Crippen LogP contribution in [0, 0.1) is 27.7 Å². The van der Waals surface area contributed by atoms with Crippen molar-refractivity contribution in [3.63, 3.8) is 0 Å². The normalized spacial score (nSPS) is 13.9. The molecule has 5 rings (SSSR count). The van der Waals surface area contributed by atoms with E-state index in [1.54, 1.807) is 0 Å². The minimum Gasteiger partial charge on any atom is -0.345 e. The lowest BCUT2D eigenvalue weighted by Gasteiger charge is -2.25. The maximum Gasteiger partial charge on any atom is 0.251 e. The van der Waals surface area contributed by atoms with E-state index in [2.05, 4.69) is 20.8 Å². The number of aromatic nitrogens is 3. The smallest absolute Gasteiger partial charge is 0.251 e. The first-order valence-electron chi connectivity index (χ1n) is 14.9. The van der Waals surface area contributed by atoms with E-state index in [4.69, 9.17) is 0 Å². The van der Waals surface area contributed by atoms with E-state index < -0.39 is 10.0 Å². The number of nitrogens with one attached hydrogen (secondary N) is 2. The highest BCUT2D eigenvalue weighted by molar-refractivity contribution is 7.99. The summed E-state index contributed by atoms with van der Waals surface area (Å²) in [4.78, 5) is 26.2. The standard InChI is InChI=1S/C33H38N6O4S2/c1-22-8-10-24(3)28(18-22)35-31(40)21-44-33-37-36-30(39(33)29-19-23(2)9-11-25(29)4)20-34-32(41)26-12-14-27(15-13-26)45(42,43)38-16-6-5-7-17-38/h8-15,18-19H,5-7,16-17,20-21H2,1-4H3,(H,34,41)(H,35,40). The number of hydrogen-bond acceptors (Lipinski definition) is 7. The highest BCUT2D eigenvalue weighted by atomic mass is 32.2. The monoisotopic (exact) mass is 646 g/mol. The third kappa shape index (κ3) is 7.63. The number of amides is 2. The van der Waals surface area contributed by atoms with E-state index in [1.165, 1.54) is 40.3 Å². The molecular formula is C33H38N6O4S2. The molecule has 10 nitrogen and oxygen atoms in total. The highest BCUT2D eigenvalue weighted by Gasteiger charge is 2.26. The van der Waals surface area contributed by atoms with Crippen LogP contribution < -0.4 is 10.6 Å². The van der Waals surface area contributed by atoms with E-state index in [-0.39, 0.29) is 29.0 Å². The van der Waals surface area contributed by atoms with Crippen molar-refractivity contribution in [1.29, 1.82) is 0 Å². The first kappa shape index (κ1) is 32.4. The molecule has 45 heavy (non-hydrogen) atoms.